The SMILES string of the molecule is CCC(C)C(=O)NC(C)(C)C(C)(C)C. The Morgan fingerprint density at radius 3 is 1.93 bits per heavy atom. The fraction of sp³-hybridized carbons (Fsp3) is 0.917. The first kappa shape index (κ1) is 13.5. The second kappa shape index (κ2) is 4.33. The van der Waals surface area contributed by atoms with Crippen LogP contribution in [0.1, 0.15) is 54.9 Å². The summed E-state index contributed by atoms with van der Waals surface area (Å²) in [6.45, 7) is 14.6. The highest BCUT2D eigenvalue weighted by Gasteiger charge is 2.34. The third-order valence-corrected chi connectivity index (χ3v) is 3.37. The molecule has 1 amide bonds. The molecule has 0 aromatic rings. The maximum Gasteiger partial charge on any atom is 0.223 e. The summed E-state index contributed by atoms with van der Waals surface area (Å²) in [7, 11) is 0. The van der Waals surface area contributed by atoms with E-state index in [1.807, 2.05) is 13.8 Å². The zero-order valence-corrected chi connectivity index (χ0v) is 10.7. The van der Waals surface area contributed by atoms with Crippen molar-refractivity contribution in [3.63, 3.8) is 0 Å². The lowest BCUT2D eigenvalue weighted by Crippen LogP contribution is -2.53. The summed E-state index contributed by atoms with van der Waals surface area (Å²) in [4.78, 5) is 11.7. The molecule has 0 saturated carbocycles. The summed E-state index contributed by atoms with van der Waals surface area (Å²) >= 11 is 0. The van der Waals surface area contributed by atoms with Crippen molar-refractivity contribution in [3.8, 4) is 0 Å². The summed E-state index contributed by atoms with van der Waals surface area (Å²) < 4.78 is 0. The van der Waals surface area contributed by atoms with Gasteiger partial charge in [-0.05, 0) is 25.7 Å². The molecule has 0 rings (SSSR count). The van der Waals surface area contributed by atoms with Crippen LogP contribution in [0.2, 0.25) is 0 Å². The minimum atomic E-state index is -0.159. The normalized spacial score (nSPS) is 15.1. The Balaban J connectivity index is 4.45. The first-order valence-corrected chi connectivity index (χ1v) is 5.44. The summed E-state index contributed by atoms with van der Waals surface area (Å²) in [5, 5.41) is 3.11. The quantitative estimate of drug-likeness (QED) is 0.744. The summed E-state index contributed by atoms with van der Waals surface area (Å²) in [5.41, 5.74) is -0.0797. The minimum Gasteiger partial charge on any atom is -0.350 e. The Bertz CT molecular complexity index is 201. The van der Waals surface area contributed by atoms with Crippen LogP contribution >= 0.6 is 0 Å². The van der Waals surface area contributed by atoms with Crippen molar-refractivity contribution in [2.75, 3.05) is 0 Å². The van der Waals surface area contributed by atoms with Gasteiger partial charge in [-0.1, -0.05) is 34.6 Å². The van der Waals surface area contributed by atoms with E-state index >= 15 is 0 Å². The van der Waals surface area contributed by atoms with Gasteiger partial charge < -0.3 is 5.32 Å². The standard InChI is InChI=1S/C12H25NO/c1-8-9(2)10(14)13-12(6,7)11(3,4)5/h9H,8H2,1-7H3,(H,13,14). The maximum absolute atomic E-state index is 11.7. The van der Waals surface area contributed by atoms with Crippen LogP contribution in [0.5, 0.6) is 0 Å². The number of rotatable bonds is 3. The molecule has 0 aliphatic rings. The van der Waals surface area contributed by atoms with Gasteiger partial charge in [0.2, 0.25) is 5.91 Å². The van der Waals surface area contributed by atoms with Crippen molar-refractivity contribution >= 4 is 5.91 Å². The maximum atomic E-state index is 11.7. The summed E-state index contributed by atoms with van der Waals surface area (Å²) in [6, 6.07) is 0. The van der Waals surface area contributed by atoms with E-state index in [2.05, 4.69) is 39.9 Å². The van der Waals surface area contributed by atoms with Gasteiger partial charge in [0, 0.05) is 11.5 Å². The third kappa shape index (κ3) is 3.32. The Kier molecular flexibility index (Phi) is 4.16. The molecule has 1 atom stereocenters. The van der Waals surface area contributed by atoms with E-state index < -0.39 is 0 Å². The van der Waals surface area contributed by atoms with Gasteiger partial charge in [0.15, 0.2) is 0 Å². The third-order valence-electron chi connectivity index (χ3n) is 3.37. The highest BCUT2D eigenvalue weighted by Crippen LogP contribution is 2.29. The van der Waals surface area contributed by atoms with Crippen molar-refractivity contribution in [1.82, 2.24) is 5.32 Å². The average molecular weight is 199 g/mol. The van der Waals surface area contributed by atoms with E-state index in [-0.39, 0.29) is 22.8 Å². The molecule has 1 unspecified atom stereocenters. The molecule has 2 heteroatoms. The van der Waals surface area contributed by atoms with Crippen LogP contribution in [0.25, 0.3) is 0 Å². The molecule has 84 valence electrons. The molecule has 14 heavy (non-hydrogen) atoms. The number of hydrogen-bond acceptors (Lipinski definition) is 1. The summed E-state index contributed by atoms with van der Waals surface area (Å²) in [5.74, 6) is 0.268. The van der Waals surface area contributed by atoms with Crippen LogP contribution in [-0.2, 0) is 4.79 Å². The highest BCUT2D eigenvalue weighted by molar-refractivity contribution is 5.79. The van der Waals surface area contributed by atoms with Crippen molar-refractivity contribution < 1.29 is 4.79 Å². The van der Waals surface area contributed by atoms with Gasteiger partial charge in [-0.2, -0.15) is 0 Å². The van der Waals surface area contributed by atoms with E-state index in [9.17, 15) is 4.79 Å². The average Bonchev–Trinajstić information content (AvgIpc) is 2.00. The zero-order chi connectivity index (χ0) is 11.6. The number of hydrogen-bond donors (Lipinski definition) is 1. The van der Waals surface area contributed by atoms with Gasteiger partial charge in [-0.25, -0.2) is 0 Å². The number of carbonyl (C=O) groups is 1. The van der Waals surface area contributed by atoms with E-state index in [1.165, 1.54) is 0 Å². The van der Waals surface area contributed by atoms with Gasteiger partial charge in [-0.3, -0.25) is 4.79 Å². The van der Waals surface area contributed by atoms with Crippen LogP contribution in [0.3, 0.4) is 0 Å². The predicted molar refractivity (Wildman–Crippen MR) is 61.1 cm³/mol. The Labute approximate surface area is 88.5 Å². The molecule has 0 heterocycles. The first-order chi connectivity index (χ1) is 6.12. The van der Waals surface area contributed by atoms with Crippen molar-refractivity contribution in [1.29, 1.82) is 0 Å². The van der Waals surface area contributed by atoms with Crippen LogP contribution in [0.15, 0.2) is 0 Å². The van der Waals surface area contributed by atoms with E-state index in [1.54, 1.807) is 0 Å². The molecular weight excluding hydrogens is 174 g/mol. The van der Waals surface area contributed by atoms with Crippen molar-refractivity contribution in [3.05, 3.63) is 0 Å². The molecule has 0 bridgehead atoms. The molecule has 0 saturated heterocycles. The second-order valence-corrected chi connectivity index (χ2v) is 5.67. The molecule has 0 aliphatic heterocycles. The lowest BCUT2D eigenvalue weighted by molar-refractivity contribution is -0.127. The summed E-state index contributed by atoms with van der Waals surface area (Å²) in [6.07, 6.45) is 0.895. The van der Waals surface area contributed by atoms with Gasteiger partial charge in [0.1, 0.15) is 0 Å². The lowest BCUT2D eigenvalue weighted by atomic mass is 9.76. The molecule has 0 radical (unpaired) electrons. The number of carbonyl (C=O) groups excluding carboxylic acids is 1. The molecule has 0 fully saturated rings. The van der Waals surface area contributed by atoms with Gasteiger partial charge in [0.25, 0.3) is 0 Å². The molecule has 2 nitrogen and oxygen atoms in total. The van der Waals surface area contributed by atoms with Gasteiger partial charge in [-0.15, -0.1) is 0 Å². The van der Waals surface area contributed by atoms with Gasteiger partial charge in [0.05, 0.1) is 0 Å². The van der Waals surface area contributed by atoms with E-state index in [0.717, 1.165) is 6.42 Å². The predicted octanol–water partition coefficient (Wildman–Crippen LogP) is 2.97. The fourth-order valence-electron chi connectivity index (χ4n) is 0.804. The van der Waals surface area contributed by atoms with Crippen LogP contribution in [0.4, 0.5) is 0 Å². The molecule has 0 aromatic carbocycles. The van der Waals surface area contributed by atoms with Crippen LogP contribution < -0.4 is 5.32 Å². The molecule has 0 aromatic heterocycles. The Morgan fingerprint density at radius 2 is 1.64 bits per heavy atom. The minimum absolute atomic E-state index is 0.0795. The Morgan fingerprint density at radius 1 is 1.21 bits per heavy atom. The highest BCUT2D eigenvalue weighted by atomic mass is 16.2. The topological polar surface area (TPSA) is 29.1 Å². The Hall–Kier alpha value is -0.530. The van der Waals surface area contributed by atoms with E-state index in [4.69, 9.17) is 0 Å². The second-order valence-electron chi connectivity index (χ2n) is 5.67. The fourth-order valence-corrected chi connectivity index (χ4v) is 0.804. The van der Waals surface area contributed by atoms with E-state index in [0.29, 0.717) is 0 Å². The van der Waals surface area contributed by atoms with Crippen LogP contribution in [0, 0.1) is 11.3 Å². The molecule has 0 spiro atoms. The van der Waals surface area contributed by atoms with Gasteiger partial charge >= 0.3 is 0 Å². The van der Waals surface area contributed by atoms with Crippen molar-refractivity contribution in [2.45, 2.75) is 60.4 Å². The zero-order valence-electron chi connectivity index (χ0n) is 10.7. The molecule has 1 N–H and O–H groups in total. The number of nitrogens with one attached hydrogen (secondary N) is 1. The van der Waals surface area contributed by atoms with Crippen LogP contribution in [-0.4, -0.2) is 11.4 Å². The largest absolute Gasteiger partial charge is 0.350 e. The number of amides is 1. The smallest absolute Gasteiger partial charge is 0.223 e. The first-order valence-electron chi connectivity index (χ1n) is 5.44. The monoisotopic (exact) mass is 199 g/mol. The van der Waals surface area contributed by atoms with Crippen molar-refractivity contribution in [2.24, 2.45) is 11.3 Å². The molecular formula is C12H25NO. The lowest BCUT2D eigenvalue weighted by Gasteiger charge is -2.40. The molecule has 0 aliphatic carbocycles.